The van der Waals surface area contributed by atoms with Crippen LogP contribution < -0.4 is 0 Å². The van der Waals surface area contributed by atoms with Gasteiger partial charge in [0.15, 0.2) is 0 Å². The molecule has 0 aromatic rings. The van der Waals surface area contributed by atoms with Crippen LogP contribution in [0.5, 0.6) is 0 Å². The van der Waals surface area contributed by atoms with E-state index in [1.54, 1.807) is 0 Å². The standard InChI is InChI=1S/C5H11O.H2O.Zn/c1-3-5(6)4-2;;/h6H,3-4H2,1-2H3;1H2;/q-1;;. The van der Waals surface area contributed by atoms with Gasteiger partial charge in [-0.05, 0) is 0 Å². The zero-order valence-electron chi connectivity index (χ0n) is 5.57. The van der Waals surface area contributed by atoms with Crippen molar-refractivity contribution in [3.05, 3.63) is 6.10 Å². The van der Waals surface area contributed by atoms with Crippen molar-refractivity contribution >= 4 is 0 Å². The molecule has 2 nitrogen and oxygen atoms in total. The minimum absolute atomic E-state index is 0. The van der Waals surface area contributed by atoms with Gasteiger partial charge in [-0.1, -0.05) is 13.8 Å². The first-order chi connectivity index (χ1) is 2.81. The molecule has 0 heterocycles. The predicted molar refractivity (Wildman–Crippen MR) is 29.4 cm³/mol. The fraction of sp³-hybridized carbons (Fsp3) is 0.800. The van der Waals surface area contributed by atoms with Crippen LogP contribution in [0.3, 0.4) is 0 Å². The van der Waals surface area contributed by atoms with Gasteiger partial charge < -0.3 is 10.6 Å². The minimum Gasteiger partial charge on any atom is -0.563 e. The van der Waals surface area contributed by atoms with E-state index in [0.29, 0.717) is 6.10 Å². The second-order valence-electron chi connectivity index (χ2n) is 1.27. The third-order valence-corrected chi connectivity index (χ3v) is 0.816. The molecule has 0 fully saturated rings. The number of aliphatic hydroxyl groups is 1. The van der Waals surface area contributed by atoms with Crippen LogP contribution in [0, 0.1) is 6.10 Å². The molecule has 0 aromatic carbocycles. The summed E-state index contributed by atoms with van der Waals surface area (Å²) >= 11 is 0. The summed E-state index contributed by atoms with van der Waals surface area (Å²) in [5.74, 6) is 0. The average Bonchev–Trinajstić information content (AvgIpc) is 1.65. The summed E-state index contributed by atoms with van der Waals surface area (Å²) in [5, 5.41) is 8.58. The number of hydrogen-bond donors (Lipinski definition) is 1. The molecule has 8 heavy (non-hydrogen) atoms. The van der Waals surface area contributed by atoms with Gasteiger partial charge in [0.05, 0.1) is 0 Å². The zero-order valence-corrected chi connectivity index (χ0v) is 8.54. The van der Waals surface area contributed by atoms with Crippen LogP contribution in [0.2, 0.25) is 0 Å². The Morgan fingerprint density at radius 1 is 1.25 bits per heavy atom. The molecule has 0 radical (unpaired) electrons. The molecule has 3 N–H and O–H groups in total. The summed E-state index contributed by atoms with van der Waals surface area (Å²) in [6, 6.07) is 0. The van der Waals surface area contributed by atoms with Gasteiger partial charge in [-0.2, -0.15) is 12.8 Å². The summed E-state index contributed by atoms with van der Waals surface area (Å²) in [7, 11) is 0. The van der Waals surface area contributed by atoms with E-state index in [1.165, 1.54) is 0 Å². The van der Waals surface area contributed by atoms with E-state index in [4.69, 9.17) is 5.11 Å². The largest absolute Gasteiger partial charge is 0.563 e. The SMILES string of the molecule is CC[C-](O)CC.O.[Zn]. The van der Waals surface area contributed by atoms with Crippen molar-refractivity contribution < 1.29 is 30.1 Å². The molecule has 0 unspecified atom stereocenters. The zero-order chi connectivity index (χ0) is 4.99. The van der Waals surface area contributed by atoms with Crippen molar-refractivity contribution in [2.24, 2.45) is 0 Å². The van der Waals surface area contributed by atoms with Gasteiger partial charge >= 0.3 is 0 Å². The van der Waals surface area contributed by atoms with E-state index >= 15 is 0 Å². The minimum atomic E-state index is 0. The van der Waals surface area contributed by atoms with Gasteiger partial charge in [0.2, 0.25) is 0 Å². The first kappa shape index (κ1) is 15.8. The van der Waals surface area contributed by atoms with Gasteiger partial charge in [0.25, 0.3) is 0 Å². The van der Waals surface area contributed by atoms with E-state index in [0.717, 1.165) is 12.8 Å². The quantitative estimate of drug-likeness (QED) is 0.486. The van der Waals surface area contributed by atoms with Crippen molar-refractivity contribution in [1.82, 2.24) is 0 Å². The van der Waals surface area contributed by atoms with Crippen LogP contribution in [-0.4, -0.2) is 10.6 Å². The Hall–Kier alpha value is 0.543. The average molecular weight is 171 g/mol. The topological polar surface area (TPSA) is 51.7 Å². The van der Waals surface area contributed by atoms with Crippen LogP contribution in [0.15, 0.2) is 0 Å². The van der Waals surface area contributed by atoms with E-state index in [2.05, 4.69) is 0 Å². The van der Waals surface area contributed by atoms with Crippen LogP contribution in [-0.2, 0) is 19.5 Å². The third-order valence-electron chi connectivity index (χ3n) is 0.816. The normalized spacial score (nSPS) is 7.50. The molecule has 0 aliphatic rings. The van der Waals surface area contributed by atoms with Crippen molar-refractivity contribution in [2.75, 3.05) is 0 Å². The molecular formula is C5H13O2Zn-. The Bertz CT molecular complexity index is 29.6. The molecule has 48 valence electrons. The molecule has 0 aliphatic heterocycles. The smallest absolute Gasteiger partial charge is 0 e. The second kappa shape index (κ2) is 10.5. The Morgan fingerprint density at radius 3 is 1.50 bits per heavy atom. The Labute approximate surface area is 63.4 Å². The number of aliphatic hydroxyl groups excluding tert-OH is 1. The van der Waals surface area contributed by atoms with Gasteiger partial charge in [-0.25, -0.2) is 6.10 Å². The van der Waals surface area contributed by atoms with Crippen LogP contribution in [0.4, 0.5) is 0 Å². The van der Waals surface area contributed by atoms with Crippen molar-refractivity contribution in [3.8, 4) is 0 Å². The maximum atomic E-state index is 8.58. The number of hydrogen-bond acceptors (Lipinski definition) is 1. The monoisotopic (exact) mass is 169 g/mol. The van der Waals surface area contributed by atoms with E-state index in [1.807, 2.05) is 13.8 Å². The van der Waals surface area contributed by atoms with Gasteiger partial charge in [0, 0.05) is 19.5 Å². The van der Waals surface area contributed by atoms with Gasteiger partial charge in [-0.15, -0.1) is 0 Å². The summed E-state index contributed by atoms with van der Waals surface area (Å²) in [6.45, 7) is 3.89. The van der Waals surface area contributed by atoms with Crippen molar-refractivity contribution in [3.63, 3.8) is 0 Å². The molecule has 0 saturated heterocycles. The molecule has 0 bridgehead atoms. The Kier molecular flexibility index (Phi) is 20.8. The maximum Gasteiger partial charge on any atom is 0 e. The predicted octanol–water partition coefficient (Wildman–Crippen LogP) is 0.884. The molecule has 0 aliphatic carbocycles. The molecule has 3 heteroatoms. The van der Waals surface area contributed by atoms with Crippen molar-refractivity contribution in [1.29, 1.82) is 0 Å². The van der Waals surface area contributed by atoms with Crippen molar-refractivity contribution in [2.45, 2.75) is 26.7 Å². The summed E-state index contributed by atoms with van der Waals surface area (Å²) in [5.41, 5.74) is 0. The fourth-order valence-corrected chi connectivity index (χ4v) is 0.250. The molecule has 0 aromatic heterocycles. The fourth-order valence-electron chi connectivity index (χ4n) is 0.250. The Morgan fingerprint density at radius 2 is 1.50 bits per heavy atom. The molecule has 0 atom stereocenters. The van der Waals surface area contributed by atoms with Crippen LogP contribution in [0.25, 0.3) is 0 Å². The number of rotatable bonds is 2. The summed E-state index contributed by atoms with van der Waals surface area (Å²) in [4.78, 5) is 0. The van der Waals surface area contributed by atoms with E-state index in [-0.39, 0.29) is 25.0 Å². The van der Waals surface area contributed by atoms with E-state index < -0.39 is 0 Å². The first-order valence-corrected chi connectivity index (χ1v) is 2.34. The second-order valence-corrected chi connectivity index (χ2v) is 1.27. The van der Waals surface area contributed by atoms with Gasteiger partial charge in [-0.3, -0.25) is 0 Å². The maximum absolute atomic E-state index is 8.58. The van der Waals surface area contributed by atoms with E-state index in [9.17, 15) is 0 Å². The molecule has 0 amide bonds. The first-order valence-electron chi connectivity index (χ1n) is 2.34. The molecule has 0 rings (SSSR count). The van der Waals surface area contributed by atoms with Crippen LogP contribution >= 0.6 is 0 Å². The van der Waals surface area contributed by atoms with Gasteiger partial charge in [0.1, 0.15) is 0 Å². The summed E-state index contributed by atoms with van der Waals surface area (Å²) < 4.78 is 0. The van der Waals surface area contributed by atoms with Crippen LogP contribution in [0.1, 0.15) is 26.7 Å². The summed E-state index contributed by atoms with van der Waals surface area (Å²) in [6.07, 6.45) is 2.20. The Balaban J connectivity index is -0.000000125. The molecule has 0 spiro atoms. The third kappa shape index (κ3) is 9.74. The molecular weight excluding hydrogens is 157 g/mol. The molecule has 0 saturated carbocycles.